The summed E-state index contributed by atoms with van der Waals surface area (Å²) in [6, 6.07) is 3.87. The zero-order valence-electron chi connectivity index (χ0n) is 11.3. The lowest BCUT2D eigenvalue weighted by Crippen LogP contribution is -2.27. The van der Waals surface area contributed by atoms with E-state index in [1.165, 1.54) is 20.0 Å². The van der Waals surface area contributed by atoms with E-state index in [2.05, 4.69) is 26.5 Å². The van der Waals surface area contributed by atoms with Crippen LogP contribution < -0.4 is 5.32 Å². The van der Waals surface area contributed by atoms with Crippen molar-refractivity contribution in [1.82, 2.24) is 10.2 Å². The van der Waals surface area contributed by atoms with Crippen molar-refractivity contribution in [1.29, 1.82) is 0 Å². The highest BCUT2D eigenvalue weighted by atomic mass is 32.2. The number of hydrogen-bond acceptors (Lipinski definition) is 6. The first kappa shape index (κ1) is 14.1. The van der Waals surface area contributed by atoms with E-state index in [0.29, 0.717) is 6.04 Å². The summed E-state index contributed by atoms with van der Waals surface area (Å²) in [5, 5.41) is 12.0. The van der Waals surface area contributed by atoms with Crippen LogP contribution in [0.4, 0.5) is 5.82 Å². The van der Waals surface area contributed by atoms with E-state index in [1.54, 1.807) is 12.1 Å². The molecule has 0 bridgehead atoms. The number of anilines is 1. The van der Waals surface area contributed by atoms with Crippen molar-refractivity contribution in [2.45, 2.75) is 37.0 Å². The zero-order chi connectivity index (χ0) is 13.7. The SMILES string of the molecule is COC(=O)c1ccc(NC2CCC(SC)CC2)nn1. The van der Waals surface area contributed by atoms with Crippen LogP contribution in [0.3, 0.4) is 0 Å². The molecule has 1 aromatic heterocycles. The second-order valence-electron chi connectivity index (χ2n) is 4.65. The van der Waals surface area contributed by atoms with Crippen LogP contribution in [0.25, 0.3) is 0 Å². The van der Waals surface area contributed by atoms with Crippen LogP contribution in [0.15, 0.2) is 12.1 Å². The van der Waals surface area contributed by atoms with Gasteiger partial charge < -0.3 is 10.1 Å². The van der Waals surface area contributed by atoms with Gasteiger partial charge in [-0.25, -0.2) is 4.79 Å². The van der Waals surface area contributed by atoms with E-state index in [4.69, 9.17) is 0 Å². The third-order valence-corrected chi connectivity index (χ3v) is 4.56. The molecular weight excluding hydrogens is 262 g/mol. The molecule has 19 heavy (non-hydrogen) atoms. The number of methoxy groups -OCH3 is 1. The Morgan fingerprint density at radius 2 is 2.05 bits per heavy atom. The van der Waals surface area contributed by atoms with Gasteiger partial charge in [0, 0.05) is 11.3 Å². The molecule has 0 amide bonds. The van der Waals surface area contributed by atoms with Crippen molar-refractivity contribution in [2.75, 3.05) is 18.7 Å². The van der Waals surface area contributed by atoms with Crippen molar-refractivity contribution in [3.8, 4) is 0 Å². The van der Waals surface area contributed by atoms with Gasteiger partial charge in [0.25, 0.3) is 0 Å². The van der Waals surface area contributed by atoms with Crippen LogP contribution in [-0.2, 0) is 4.74 Å². The Kier molecular flexibility index (Phi) is 5.01. The molecule has 6 heteroatoms. The molecule has 0 radical (unpaired) electrons. The summed E-state index contributed by atoms with van der Waals surface area (Å²) in [4.78, 5) is 11.2. The number of rotatable bonds is 4. The molecule has 5 nitrogen and oxygen atoms in total. The molecule has 0 aliphatic heterocycles. The highest BCUT2D eigenvalue weighted by Crippen LogP contribution is 2.28. The quantitative estimate of drug-likeness (QED) is 0.855. The summed E-state index contributed by atoms with van der Waals surface area (Å²) in [6.07, 6.45) is 6.98. The van der Waals surface area contributed by atoms with Gasteiger partial charge in [0.2, 0.25) is 0 Å². The fourth-order valence-electron chi connectivity index (χ4n) is 2.27. The molecule has 1 saturated carbocycles. The highest BCUT2D eigenvalue weighted by Gasteiger charge is 2.20. The number of nitrogens with one attached hydrogen (secondary N) is 1. The monoisotopic (exact) mass is 281 g/mol. The number of esters is 1. The molecular formula is C13H19N3O2S. The fourth-order valence-corrected chi connectivity index (χ4v) is 3.02. The fraction of sp³-hybridized carbons (Fsp3) is 0.615. The molecule has 1 N–H and O–H groups in total. The lowest BCUT2D eigenvalue weighted by molar-refractivity contribution is 0.0593. The average Bonchev–Trinajstić information content (AvgIpc) is 2.48. The molecule has 0 atom stereocenters. The third-order valence-electron chi connectivity index (χ3n) is 3.42. The zero-order valence-corrected chi connectivity index (χ0v) is 12.1. The first-order chi connectivity index (χ1) is 9.22. The maximum Gasteiger partial charge on any atom is 0.358 e. The molecule has 0 spiro atoms. The van der Waals surface area contributed by atoms with Crippen molar-refractivity contribution in [3.05, 3.63) is 17.8 Å². The molecule has 1 heterocycles. The first-order valence-electron chi connectivity index (χ1n) is 6.44. The molecule has 0 unspecified atom stereocenters. The van der Waals surface area contributed by atoms with Crippen molar-refractivity contribution in [2.24, 2.45) is 0 Å². The Labute approximate surface area is 117 Å². The minimum absolute atomic E-state index is 0.235. The van der Waals surface area contributed by atoms with Crippen molar-refractivity contribution >= 4 is 23.5 Å². The molecule has 0 saturated heterocycles. The maximum atomic E-state index is 11.2. The minimum atomic E-state index is -0.459. The van der Waals surface area contributed by atoms with E-state index in [1.807, 2.05) is 11.8 Å². The van der Waals surface area contributed by atoms with Gasteiger partial charge in [-0.05, 0) is 44.1 Å². The number of ether oxygens (including phenoxy) is 1. The molecule has 1 fully saturated rings. The number of carbonyl (C=O) groups excluding carboxylic acids is 1. The van der Waals surface area contributed by atoms with E-state index < -0.39 is 5.97 Å². The number of aromatic nitrogens is 2. The summed E-state index contributed by atoms with van der Waals surface area (Å²) in [6.45, 7) is 0. The largest absolute Gasteiger partial charge is 0.464 e. The van der Waals surface area contributed by atoms with Gasteiger partial charge in [0.1, 0.15) is 5.82 Å². The summed E-state index contributed by atoms with van der Waals surface area (Å²) >= 11 is 1.95. The number of nitrogens with zero attached hydrogens (tertiary/aromatic N) is 2. The smallest absolute Gasteiger partial charge is 0.358 e. The molecule has 104 valence electrons. The van der Waals surface area contributed by atoms with Gasteiger partial charge in [-0.2, -0.15) is 11.8 Å². The molecule has 0 aromatic carbocycles. The molecule has 1 aromatic rings. The molecule has 1 aliphatic rings. The first-order valence-corrected chi connectivity index (χ1v) is 7.73. The molecule has 2 rings (SSSR count). The van der Waals surface area contributed by atoms with Crippen LogP contribution >= 0.6 is 11.8 Å². The number of carbonyl (C=O) groups is 1. The predicted octanol–water partition coefficient (Wildman–Crippen LogP) is 2.35. The van der Waals surface area contributed by atoms with E-state index in [-0.39, 0.29) is 5.69 Å². The van der Waals surface area contributed by atoms with Gasteiger partial charge >= 0.3 is 5.97 Å². The molecule has 1 aliphatic carbocycles. The summed E-state index contributed by atoms with van der Waals surface area (Å²) in [5.41, 5.74) is 0.235. The van der Waals surface area contributed by atoms with Gasteiger partial charge in [-0.15, -0.1) is 10.2 Å². The van der Waals surface area contributed by atoms with E-state index in [0.717, 1.165) is 23.9 Å². The van der Waals surface area contributed by atoms with Crippen LogP contribution in [0.2, 0.25) is 0 Å². The average molecular weight is 281 g/mol. The lowest BCUT2D eigenvalue weighted by Gasteiger charge is -2.28. The number of hydrogen-bond donors (Lipinski definition) is 1. The predicted molar refractivity (Wildman–Crippen MR) is 76.6 cm³/mol. The summed E-state index contributed by atoms with van der Waals surface area (Å²) in [5.74, 6) is 0.264. The Hall–Kier alpha value is -1.30. The minimum Gasteiger partial charge on any atom is -0.464 e. The maximum absolute atomic E-state index is 11.2. The Morgan fingerprint density at radius 3 is 2.58 bits per heavy atom. The third kappa shape index (κ3) is 3.83. The normalized spacial score (nSPS) is 22.8. The Balaban J connectivity index is 1.88. The Bertz CT molecular complexity index is 416. The van der Waals surface area contributed by atoms with Crippen LogP contribution in [-0.4, -0.2) is 40.8 Å². The highest BCUT2D eigenvalue weighted by molar-refractivity contribution is 7.99. The van der Waals surface area contributed by atoms with Crippen LogP contribution in [0.1, 0.15) is 36.2 Å². The van der Waals surface area contributed by atoms with Gasteiger partial charge in [-0.1, -0.05) is 0 Å². The van der Waals surface area contributed by atoms with E-state index >= 15 is 0 Å². The second kappa shape index (κ2) is 6.75. The van der Waals surface area contributed by atoms with Crippen molar-refractivity contribution < 1.29 is 9.53 Å². The topological polar surface area (TPSA) is 64.1 Å². The van der Waals surface area contributed by atoms with Gasteiger partial charge in [0.05, 0.1) is 7.11 Å². The number of thioether (sulfide) groups is 1. The summed E-state index contributed by atoms with van der Waals surface area (Å²) in [7, 11) is 1.33. The van der Waals surface area contributed by atoms with Gasteiger partial charge in [-0.3, -0.25) is 0 Å². The van der Waals surface area contributed by atoms with E-state index in [9.17, 15) is 4.79 Å². The van der Waals surface area contributed by atoms with Crippen molar-refractivity contribution in [3.63, 3.8) is 0 Å². The van der Waals surface area contributed by atoms with Crippen LogP contribution in [0, 0.1) is 0 Å². The Morgan fingerprint density at radius 1 is 1.32 bits per heavy atom. The van der Waals surface area contributed by atoms with Crippen LogP contribution in [0.5, 0.6) is 0 Å². The lowest BCUT2D eigenvalue weighted by atomic mass is 9.95. The van der Waals surface area contributed by atoms with Gasteiger partial charge in [0.15, 0.2) is 5.69 Å². The summed E-state index contributed by atoms with van der Waals surface area (Å²) < 4.78 is 4.59. The second-order valence-corrected chi connectivity index (χ2v) is 5.79. The standard InChI is InChI=1S/C13H19N3O2S/c1-18-13(17)11-7-8-12(16-15-11)14-9-3-5-10(19-2)6-4-9/h7-10H,3-6H2,1-2H3,(H,14,16).